The smallest absolute Gasteiger partial charge is 0.0936 e. The average Bonchev–Trinajstić information content (AvgIpc) is 2.13. The molecule has 0 aromatic rings. The highest BCUT2D eigenvalue weighted by atomic mass is 16.5. The molecule has 0 radical (unpaired) electrons. The molecule has 14 heavy (non-hydrogen) atoms. The standard InChI is InChI=1S/C11H23NO2/c1-5-6-14-11(9-13-4)8-12-7-10(2)3/h5,10-12H,1,6-9H2,2-4H3. The zero-order valence-corrected chi connectivity index (χ0v) is 9.58. The fourth-order valence-electron chi connectivity index (χ4n) is 1.09. The predicted octanol–water partition coefficient (Wildman–Crippen LogP) is 1.45. The van der Waals surface area contributed by atoms with Gasteiger partial charge in [-0.05, 0) is 12.5 Å². The van der Waals surface area contributed by atoms with Crippen molar-refractivity contribution in [2.24, 2.45) is 5.92 Å². The summed E-state index contributed by atoms with van der Waals surface area (Å²) in [5.74, 6) is 0.664. The number of hydrogen-bond donors (Lipinski definition) is 1. The van der Waals surface area contributed by atoms with Crippen molar-refractivity contribution in [3.8, 4) is 0 Å². The highest BCUT2D eigenvalue weighted by molar-refractivity contribution is 4.68. The second-order valence-electron chi connectivity index (χ2n) is 3.75. The Labute approximate surface area is 87.5 Å². The van der Waals surface area contributed by atoms with Crippen LogP contribution in [-0.4, -0.2) is 39.5 Å². The van der Waals surface area contributed by atoms with E-state index in [4.69, 9.17) is 9.47 Å². The topological polar surface area (TPSA) is 30.5 Å². The lowest BCUT2D eigenvalue weighted by Crippen LogP contribution is -2.34. The summed E-state index contributed by atoms with van der Waals surface area (Å²) in [6, 6.07) is 0. The van der Waals surface area contributed by atoms with Crippen molar-refractivity contribution in [3.05, 3.63) is 12.7 Å². The van der Waals surface area contributed by atoms with E-state index in [2.05, 4.69) is 25.7 Å². The Morgan fingerprint density at radius 3 is 2.57 bits per heavy atom. The Balaban J connectivity index is 3.55. The first-order valence-electron chi connectivity index (χ1n) is 5.12. The Bertz CT molecular complexity index is 137. The largest absolute Gasteiger partial charge is 0.382 e. The van der Waals surface area contributed by atoms with Gasteiger partial charge in [0.25, 0.3) is 0 Å². The first-order valence-corrected chi connectivity index (χ1v) is 5.12. The number of nitrogens with one attached hydrogen (secondary N) is 1. The van der Waals surface area contributed by atoms with Crippen molar-refractivity contribution in [2.45, 2.75) is 20.0 Å². The molecule has 1 atom stereocenters. The zero-order valence-electron chi connectivity index (χ0n) is 9.58. The molecule has 0 aliphatic carbocycles. The van der Waals surface area contributed by atoms with Gasteiger partial charge in [-0.1, -0.05) is 19.9 Å². The van der Waals surface area contributed by atoms with Gasteiger partial charge in [0.1, 0.15) is 0 Å². The molecule has 0 bridgehead atoms. The molecule has 1 unspecified atom stereocenters. The Hall–Kier alpha value is -0.380. The number of hydrogen-bond acceptors (Lipinski definition) is 3. The van der Waals surface area contributed by atoms with Gasteiger partial charge in [0.05, 0.1) is 19.3 Å². The molecule has 0 aliphatic heterocycles. The number of ether oxygens (including phenoxy) is 2. The van der Waals surface area contributed by atoms with Crippen molar-refractivity contribution in [1.29, 1.82) is 0 Å². The van der Waals surface area contributed by atoms with Gasteiger partial charge in [0.2, 0.25) is 0 Å². The second-order valence-corrected chi connectivity index (χ2v) is 3.75. The summed E-state index contributed by atoms with van der Waals surface area (Å²) in [5, 5.41) is 3.34. The van der Waals surface area contributed by atoms with Crippen molar-refractivity contribution in [3.63, 3.8) is 0 Å². The van der Waals surface area contributed by atoms with Gasteiger partial charge in [-0.2, -0.15) is 0 Å². The van der Waals surface area contributed by atoms with Crippen molar-refractivity contribution >= 4 is 0 Å². The molecule has 0 heterocycles. The normalized spacial score (nSPS) is 13.1. The van der Waals surface area contributed by atoms with Crippen LogP contribution in [0.2, 0.25) is 0 Å². The van der Waals surface area contributed by atoms with Gasteiger partial charge in [-0.25, -0.2) is 0 Å². The molecule has 0 aromatic carbocycles. The maximum Gasteiger partial charge on any atom is 0.0936 e. The van der Waals surface area contributed by atoms with Gasteiger partial charge in [-0.15, -0.1) is 6.58 Å². The SMILES string of the molecule is C=CCOC(CNCC(C)C)COC. The van der Waals surface area contributed by atoms with E-state index in [0.717, 1.165) is 13.1 Å². The van der Waals surface area contributed by atoms with Crippen LogP contribution in [0.1, 0.15) is 13.8 Å². The molecular weight excluding hydrogens is 178 g/mol. The lowest BCUT2D eigenvalue weighted by Gasteiger charge is -2.17. The van der Waals surface area contributed by atoms with Crippen LogP contribution in [0, 0.1) is 5.92 Å². The molecule has 3 heteroatoms. The third kappa shape index (κ3) is 8.23. The van der Waals surface area contributed by atoms with Crippen molar-refractivity contribution in [2.75, 3.05) is 33.4 Å². The van der Waals surface area contributed by atoms with Crippen LogP contribution in [0.25, 0.3) is 0 Å². The molecule has 0 fully saturated rings. The molecule has 0 rings (SSSR count). The van der Waals surface area contributed by atoms with Crippen LogP contribution in [-0.2, 0) is 9.47 Å². The highest BCUT2D eigenvalue weighted by Gasteiger charge is 2.07. The van der Waals surface area contributed by atoms with Gasteiger partial charge >= 0.3 is 0 Å². The fourth-order valence-corrected chi connectivity index (χ4v) is 1.09. The summed E-state index contributed by atoms with van der Waals surface area (Å²) < 4.78 is 10.6. The van der Waals surface area contributed by atoms with Crippen molar-refractivity contribution in [1.82, 2.24) is 5.32 Å². The van der Waals surface area contributed by atoms with Gasteiger partial charge in [0.15, 0.2) is 0 Å². The molecular formula is C11H23NO2. The van der Waals surface area contributed by atoms with E-state index in [1.807, 2.05) is 0 Å². The third-order valence-electron chi connectivity index (χ3n) is 1.73. The molecule has 0 saturated carbocycles. The average molecular weight is 201 g/mol. The van der Waals surface area contributed by atoms with E-state index in [9.17, 15) is 0 Å². The molecule has 84 valence electrons. The summed E-state index contributed by atoms with van der Waals surface area (Å²) in [7, 11) is 1.69. The van der Waals surface area contributed by atoms with E-state index in [1.54, 1.807) is 13.2 Å². The lowest BCUT2D eigenvalue weighted by molar-refractivity contribution is 0.0119. The first kappa shape index (κ1) is 13.6. The van der Waals surface area contributed by atoms with Crippen molar-refractivity contribution < 1.29 is 9.47 Å². The van der Waals surface area contributed by atoms with Crippen LogP contribution in [0.3, 0.4) is 0 Å². The molecule has 0 amide bonds. The third-order valence-corrected chi connectivity index (χ3v) is 1.73. The van der Waals surface area contributed by atoms with E-state index in [-0.39, 0.29) is 6.10 Å². The summed E-state index contributed by atoms with van der Waals surface area (Å²) in [4.78, 5) is 0. The van der Waals surface area contributed by atoms with E-state index in [0.29, 0.717) is 19.1 Å². The first-order chi connectivity index (χ1) is 6.70. The summed E-state index contributed by atoms with van der Waals surface area (Å²) >= 11 is 0. The predicted molar refractivity (Wildman–Crippen MR) is 59.5 cm³/mol. The monoisotopic (exact) mass is 201 g/mol. The van der Waals surface area contributed by atoms with Crippen LogP contribution in [0.4, 0.5) is 0 Å². The molecule has 0 saturated heterocycles. The molecule has 3 nitrogen and oxygen atoms in total. The fraction of sp³-hybridized carbons (Fsp3) is 0.818. The molecule has 0 spiro atoms. The molecule has 0 aromatic heterocycles. The molecule has 1 N–H and O–H groups in total. The van der Waals surface area contributed by atoms with Gasteiger partial charge < -0.3 is 14.8 Å². The zero-order chi connectivity index (χ0) is 10.8. The van der Waals surface area contributed by atoms with E-state index >= 15 is 0 Å². The van der Waals surface area contributed by atoms with Crippen LogP contribution >= 0.6 is 0 Å². The minimum atomic E-state index is 0.122. The molecule has 0 aliphatic rings. The lowest BCUT2D eigenvalue weighted by atomic mass is 10.2. The Kier molecular flexibility index (Phi) is 8.94. The Morgan fingerprint density at radius 1 is 1.36 bits per heavy atom. The number of rotatable bonds is 9. The minimum Gasteiger partial charge on any atom is -0.382 e. The van der Waals surface area contributed by atoms with E-state index < -0.39 is 0 Å². The number of methoxy groups -OCH3 is 1. The van der Waals surface area contributed by atoms with Crippen LogP contribution < -0.4 is 5.32 Å². The summed E-state index contributed by atoms with van der Waals surface area (Å²) in [6.07, 6.45) is 1.88. The maximum atomic E-state index is 5.51. The minimum absolute atomic E-state index is 0.122. The quantitative estimate of drug-likeness (QED) is 0.573. The highest BCUT2D eigenvalue weighted by Crippen LogP contribution is 1.93. The van der Waals surface area contributed by atoms with Crippen LogP contribution in [0.15, 0.2) is 12.7 Å². The summed E-state index contributed by atoms with van der Waals surface area (Å²) in [5.41, 5.74) is 0. The van der Waals surface area contributed by atoms with Gasteiger partial charge in [-0.3, -0.25) is 0 Å². The second kappa shape index (κ2) is 9.19. The van der Waals surface area contributed by atoms with E-state index in [1.165, 1.54) is 0 Å². The Morgan fingerprint density at radius 2 is 2.07 bits per heavy atom. The maximum absolute atomic E-state index is 5.51. The van der Waals surface area contributed by atoms with Crippen LogP contribution in [0.5, 0.6) is 0 Å². The van der Waals surface area contributed by atoms with Gasteiger partial charge in [0, 0.05) is 13.7 Å². The summed E-state index contributed by atoms with van der Waals surface area (Å²) in [6.45, 7) is 11.0.